The largest absolute Gasteiger partial charge is 1.00 e. The standard InChI is InChI=1S/BO2.Na.4H2O/c2-1-3;;;;;/h;;4*1H2/q-1;+1;;;;. The van der Waals surface area contributed by atoms with Gasteiger partial charge in [-0.3, -0.25) is 0 Å². The fourth-order valence-electron chi connectivity index (χ4n) is 0. The minimum absolute atomic E-state index is 0. The maximum atomic E-state index is 8.25. The van der Waals surface area contributed by atoms with E-state index in [1.807, 2.05) is 0 Å². The molecule has 0 aromatic heterocycles. The van der Waals surface area contributed by atoms with Gasteiger partial charge in [0.25, 0.3) is 0 Å². The molecule has 48 valence electrons. The second-order valence-corrected chi connectivity index (χ2v) is 0.0962. The Labute approximate surface area is 68.7 Å². The molecule has 0 saturated heterocycles. The Balaban J connectivity index is -0.00000000200. The molecule has 0 saturated carbocycles. The van der Waals surface area contributed by atoms with E-state index >= 15 is 0 Å². The zero-order valence-corrected chi connectivity index (χ0v) is 6.39. The fraction of sp³-hybridized carbons (Fsp3) is 0. The predicted octanol–water partition coefficient (Wildman–Crippen LogP) is -7.98. The molecule has 0 rings (SSSR count). The Morgan fingerprint density at radius 3 is 1.00 bits per heavy atom. The first kappa shape index (κ1) is 76.3. The summed E-state index contributed by atoms with van der Waals surface area (Å²) in [5.41, 5.74) is 0. The smallest absolute Gasteiger partial charge is 1.00 e. The van der Waals surface area contributed by atoms with Crippen molar-refractivity contribution >= 4 is 7.35 Å². The van der Waals surface area contributed by atoms with Crippen molar-refractivity contribution in [2.45, 2.75) is 0 Å². The normalized spacial score (nSPS) is 1.00. The van der Waals surface area contributed by atoms with E-state index in [1.165, 1.54) is 0 Å². The second kappa shape index (κ2) is 140. The monoisotopic (exact) mass is 138 g/mol. The van der Waals surface area contributed by atoms with Gasteiger partial charge < -0.3 is 21.9 Å². The van der Waals surface area contributed by atoms with Crippen LogP contribution in [-0.2, 0) is 4.70 Å². The first-order chi connectivity index (χ1) is 1.41. The summed E-state index contributed by atoms with van der Waals surface area (Å²) in [5, 5.41) is 8.25. The Morgan fingerprint density at radius 1 is 1.00 bits per heavy atom. The molecule has 0 aliphatic carbocycles. The van der Waals surface area contributed by atoms with Gasteiger partial charge in [0.15, 0.2) is 0 Å². The van der Waals surface area contributed by atoms with E-state index in [0.29, 0.717) is 0 Å². The van der Waals surface area contributed by atoms with Crippen LogP contribution in [0.4, 0.5) is 0 Å². The van der Waals surface area contributed by atoms with Gasteiger partial charge in [-0.1, -0.05) is 0 Å². The summed E-state index contributed by atoms with van der Waals surface area (Å²) in [6.07, 6.45) is 0. The van der Waals surface area contributed by atoms with E-state index in [0.717, 1.165) is 0 Å². The zero-order valence-electron chi connectivity index (χ0n) is 4.39. The van der Waals surface area contributed by atoms with Crippen molar-refractivity contribution in [2.75, 3.05) is 0 Å². The summed E-state index contributed by atoms with van der Waals surface area (Å²) in [6.45, 7) is 0. The minimum Gasteiger partial charge on any atom is 1.00 e. The van der Waals surface area contributed by atoms with E-state index in [4.69, 9.17) is 9.73 Å². The van der Waals surface area contributed by atoms with Crippen LogP contribution in [0.3, 0.4) is 0 Å². The van der Waals surface area contributed by atoms with E-state index in [-0.39, 0.29) is 51.5 Å². The third-order valence-corrected chi connectivity index (χ3v) is 0. The van der Waals surface area contributed by atoms with Crippen LogP contribution in [0.1, 0.15) is 0 Å². The molecular weight excluding hydrogens is 130 g/mol. The summed E-state index contributed by atoms with van der Waals surface area (Å²) >= 11 is 0. The molecule has 0 aliphatic heterocycles. The van der Waals surface area contributed by atoms with Crippen molar-refractivity contribution in [2.24, 2.45) is 0 Å². The van der Waals surface area contributed by atoms with Crippen LogP contribution in [0.25, 0.3) is 0 Å². The second-order valence-electron chi connectivity index (χ2n) is 0.0962. The molecule has 0 aromatic carbocycles. The van der Waals surface area contributed by atoms with Crippen LogP contribution in [0, 0.1) is 0 Å². The van der Waals surface area contributed by atoms with Gasteiger partial charge in [-0.15, -0.1) is 0 Å². The maximum absolute atomic E-state index is 8.25. The third-order valence-electron chi connectivity index (χ3n) is 0. The van der Waals surface area contributed by atoms with E-state index < -0.39 is 7.35 Å². The molecule has 0 amide bonds. The summed E-state index contributed by atoms with van der Waals surface area (Å²) < 4.78 is 8.25. The molecule has 8 heavy (non-hydrogen) atoms. The summed E-state index contributed by atoms with van der Waals surface area (Å²) in [5.74, 6) is 0. The molecule has 0 spiro atoms. The quantitative estimate of drug-likeness (QED) is 0.303. The van der Waals surface area contributed by atoms with Gasteiger partial charge in [-0.2, -0.15) is 0 Å². The molecule has 0 atom stereocenters. The molecular formula is H8BNaO6. The van der Waals surface area contributed by atoms with E-state index in [2.05, 4.69) is 0 Å². The van der Waals surface area contributed by atoms with Crippen molar-refractivity contribution in [1.29, 1.82) is 0 Å². The summed E-state index contributed by atoms with van der Waals surface area (Å²) in [6, 6.07) is 0. The van der Waals surface area contributed by atoms with Gasteiger partial charge in [0.05, 0.1) is 0 Å². The van der Waals surface area contributed by atoms with Gasteiger partial charge >= 0.3 is 46.6 Å². The minimum atomic E-state index is -0.500. The Kier molecular flexibility index (Phi) is 1340. The molecule has 0 bridgehead atoms. The third kappa shape index (κ3) is 773. The molecule has 0 fully saturated rings. The number of hydrogen-bond donors (Lipinski definition) is 0. The molecule has 0 aromatic rings. The Morgan fingerprint density at radius 2 is 1.00 bits per heavy atom. The Hall–Kier alpha value is 0.505. The predicted molar refractivity (Wildman–Crippen MR) is 20.9 cm³/mol. The molecule has 8 N–H and O–H groups in total. The van der Waals surface area contributed by atoms with Crippen LogP contribution < -0.4 is 34.6 Å². The average molecular weight is 138 g/mol. The molecule has 0 radical (unpaired) electrons. The van der Waals surface area contributed by atoms with Crippen molar-refractivity contribution in [3.63, 3.8) is 0 Å². The van der Waals surface area contributed by atoms with E-state index in [1.54, 1.807) is 0 Å². The van der Waals surface area contributed by atoms with Crippen molar-refractivity contribution < 1.29 is 61.2 Å². The SMILES string of the molecule is O.O.O.O.O=B[O-].[Na+]. The topological polar surface area (TPSA) is 166 Å². The van der Waals surface area contributed by atoms with Gasteiger partial charge in [0, 0.05) is 0 Å². The van der Waals surface area contributed by atoms with E-state index in [9.17, 15) is 0 Å². The number of rotatable bonds is 0. The van der Waals surface area contributed by atoms with Crippen LogP contribution in [0.15, 0.2) is 0 Å². The van der Waals surface area contributed by atoms with Crippen LogP contribution >= 0.6 is 0 Å². The van der Waals surface area contributed by atoms with Crippen LogP contribution in [0.2, 0.25) is 0 Å². The molecule has 0 aliphatic rings. The van der Waals surface area contributed by atoms with Crippen molar-refractivity contribution in [3.05, 3.63) is 0 Å². The Bertz CT molecular complexity index is 16.0. The maximum Gasteiger partial charge on any atom is 1.00 e. The van der Waals surface area contributed by atoms with Crippen molar-refractivity contribution in [1.82, 2.24) is 0 Å². The summed E-state index contributed by atoms with van der Waals surface area (Å²) in [7, 11) is -0.500. The first-order valence-corrected chi connectivity index (χ1v) is 0.471. The molecule has 6 nitrogen and oxygen atoms in total. The average Bonchev–Trinajstić information content (AvgIpc) is 0.918. The molecule has 0 heterocycles. The first-order valence-electron chi connectivity index (χ1n) is 0.471. The molecule has 8 heteroatoms. The molecule has 0 unspecified atom stereocenters. The van der Waals surface area contributed by atoms with Gasteiger partial charge in [0.1, 0.15) is 0 Å². The summed E-state index contributed by atoms with van der Waals surface area (Å²) in [4.78, 5) is 0. The van der Waals surface area contributed by atoms with Crippen LogP contribution in [-0.4, -0.2) is 29.3 Å². The van der Waals surface area contributed by atoms with Crippen molar-refractivity contribution in [3.8, 4) is 0 Å². The zero-order chi connectivity index (χ0) is 2.71. The van der Waals surface area contributed by atoms with Gasteiger partial charge in [0.2, 0.25) is 0 Å². The fourth-order valence-corrected chi connectivity index (χ4v) is 0. The number of hydrogen-bond acceptors (Lipinski definition) is 2. The van der Waals surface area contributed by atoms with Crippen LogP contribution in [0.5, 0.6) is 0 Å². The van der Waals surface area contributed by atoms with Gasteiger partial charge in [-0.05, 0) is 0 Å². The van der Waals surface area contributed by atoms with Gasteiger partial charge in [-0.25, -0.2) is 0 Å².